The smallest absolute Gasteiger partial charge is 0.315 e. The number of rotatable bonds is 4. The molecule has 0 unspecified atom stereocenters. The first-order chi connectivity index (χ1) is 9.43. The maximum atomic E-state index is 11.3. The van der Waals surface area contributed by atoms with E-state index in [9.17, 15) is 14.9 Å². The van der Waals surface area contributed by atoms with Gasteiger partial charge in [-0.3, -0.25) is 19.6 Å². The quantitative estimate of drug-likeness (QED) is 0.625. The van der Waals surface area contributed by atoms with Crippen molar-refractivity contribution in [1.82, 2.24) is 25.2 Å². The number of hydrogen-bond acceptors (Lipinski definition) is 7. The Bertz CT molecular complexity index is 673. The molecule has 20 heavy (non-hydrogen) atoms. The van der Waals surface area contributed by atoms with Crippen LogP contribution in [0.2, 0.25) is 0 Å². The Morgan fingerprint density at radius 3 is 2.75 bits per heavy atom. The van der Waals surface area contributed by atoms with Crippen LogP contribution in [0.15, 0.2) is 4.52 Å². The van der Waals surface area contributed by atoms with E-state index >= 15 is 0 Å². The average molecular weight is 280 g/mol. The van der Waals surface area contributed by atoms with Crippen molar-refractivity contribution in [2.24, 2.45) is 0 Å². The van der Waals surface area contributed by atoms with E-state index in [2.05, 4.69) is 20.6 Å². The number of carbonyl (C=O) groups is 1. The molecular formula is C10H12N6O4. The molecule has 0 radical (unpaired) electrons. The summed E-state index contributed by atoms with van der Waals surface area (Å²) in [4.78, 5) is 25.6. The summed E-state index contributed by atoms with van der Waals surface area (Å²) in [5.74, 6) is -0.453. The molecule has 0 aromatic carbocycles. The van der Waals surface area contributed by atoms with Gasteiger partial charge in [0.15, 0.2) is 5.82 Å². The Hall–Kier alpha value is -2.78. The van der Waals surface area contributed by atoms with Crippen LogP contribution >= 0.6 is 0 Å². The van der Waals surface area contributed by atoms with E-state index in [1.165, 1.54) is 11.7 Å². The third-order valence-electron chi connectivity index (χ3n) is 2.71. The molecular weight excluding hydrogens is 268 g/mol. The van der Waals surface area contributed by atoms with Gasteiger partial charge in [-0.15, -0.1) is 0 Å². The average Bonchev–Trinajstić information content (AvgIpc) is 2.95. The van der Waals surface area contributed by atoms with Crippen LogP contribution in [0.4, 0.5) is 5.69 Å². The van der Waals surface area contributed by atoms with Crippen LogP contribution in [0.5, 0.6) is 0 Å². The summed E-state index contributed by atoms with van der Waals surface area (Å²) in [5.41, 5.74) is 0.654. The second kappa shape index (κ2) is 5.07. The topological polar surface area (TPSA) is 129 Å². The minimum Gasteiger partial charge on any atom is -0.351 e. The normalized spacial score (nSPS) is 10.6. The molecule has 0 saturated carbocycles. The molecule has 1 N–H and O–H groups in total. The summed E-state index contributed by atoms with van der Waals surface area (Å²) in [6.07, 6.45) is 0. The van der Waals surface area contributed by atoms with Crippen molar-refractivity contribution in [2.45, 2.75) is 20.4 Å². The van der Waals surface area contributed by atoms with Crippen LogP contribution < -0.4 is 5.32 Å². The van der Waals surface area contributed by atoms with Gasteiger partial charge in [-0.05, 0) is 13.8 Å². The molecule has 0 spiro atoms. The lowest BCUT2D eigenvalue weighted by Gasteiger charge is -1.98. The van der Waals surface area contributed by atoms with Crippen molar-refractivity contribution in [3.05, 3.63) is 33.2 Å². The predicted octanol–water partition coefficient (Wildman–Crippen LogP) is 0.199. The monoisotopic (exact) mass is 280 g/mol. The van der Waals surface area contributed by atoms with E-state index in [-0.39, 0.29) is 23.9 Å². The molecule has 10 nitrogen and oxygen atoms in total. The van der Waals surface area contributed by atoms with Gasteiger partial charge in [-0.2, -0.15) is 10.1 Å². The lowest BCUT2D eigenvalue weighted by atomic mass is 10.3. The van der Waals surface area contributed by atoms with E-state index in [1.807, 2.05) is 0 Å². The third-order valence-corrected chi connectivity index (χ3v) is 2.71. The highest BCUT2D eigenvalue weighted by molar-refractivity contribution is 5.89. The number of nitrogens with one attached hydrogen (secondary N) is 1. The molecule has 2 rings (SSSR count). The highest BCUT2D eigenvalue weighted by Crippen LogP contribution is 2.22. The summed E-state index contributed by atoms with van der Waals surface area (Å²) < 4.78 is 6.16. The largest absolute Gasteiger partial charge is 0.351 e. The summed E-state index contributed by atoms with van der Waals surface area (Å²) in [7, 11) is 1.44. The van der Waals surface area contributed by atoms with Crippen molar-refractivity contribution in [3.8, 4) is 0 Å². The lowest BCUT2D eigenvalue weighted by Crippen LogP contribution is -2.18. The number of nitrogens with zero attached hydrogens (tertiary/aromatic N) is 5. The van der Waals surface area contributed by atoms with Crippen LogP contribution in [0.1, 0.15) is 27.9 Å². The zero-order chi connectivity index (χ0) is 14.9. The second-order valence-electron chi connectivity index (χ2n) is 4.03. The van der Waals surface area contributed by atoms with Crippen molar-refractivity contribution in [1.29, 1.82) is 0 Å². The van der Waals surface area contributed by atoms with Gasteiger partial charge < -0.3 is 9.84 Å². The van der Waals surface area contributed by atoms with E-state index in [0.29, 0.717) is 11.4 Å². The zero-order valence-corrected chi connectivity index (χ0v) is 11.1. The van der Waals surface area contributed by atoms with Gasteiger partial charge in [0.1, 0.15) is 17.9 Å². The van der Waals surface area contributed by atoms with Gasteiger partial charge in [-0.25, -0.2) is 0 Å². The first-order valence-corrected chi connectivity index (χ1v) is 5.67. The third kappa shape index (κ3) is 2.35. The molecule has 0 aliphatic carbocycles. The van der Waals surface area contributed by atoms with Gasteiger partial charge in [0.25, 0.3) is 0 Å². The maximum absolute atomic E-state index is 11.3. The van der Waals surface area contributed by atoms with Crippen LogP contribution in [0.25, 0.3) is 0 Å². The molecule has 10 heteroatoms. The molecule has 0 saturated heterocycles. The highest BCUT2D eigenvalue weighted by Gasteiger charge is 2.23. The van der Waals surface area contributed by atoms with Crippen LogP contribution in [-0.2, 0) is 6.54 Å². The zero-order valence-electron chi connectivity index (χ0n) is 11.1. The highest BCUT2D eigenvalue weighted by atomic mass is 16.6. The number of amides is 1. The summed E-state index contributed by atoms with van der Waals surface area (Å²) in [5, 5.41) is 20.9. The number of aryl methyl sites for hydroxylation is 1. The molecule has 1 amide bonds. The molecule has 0 aliphatic rings. The van der Waals surface area contributed by atoms with Crippen molar-refractivity contribution in [2.75, 3.05) is 7.05 Å². The molecule has 2 aromatic heterocycles. The number of hydrogen-bond donors (Lipinski definition) is 1. The number of nitro groups is 1. The predicted molar refractivity (Wildman–Crippen MR) is 65.1 cm³/mol. The maximum Gasteiger partial charge on any atom is 0.315 e. The molecule has 0 fully saturated rings. The van der Waals surface area contributed by atoms with E-state index in [4.69, 9.17) is 4.52 Å². The van der Waals surface area contributed by atoms with E-state index in [0.717, 1.165) is 0 Å². The minimum atomic E-state index is -0.497. The minimum absolute atomic E-state index is 0.0416. The first kappa shape index (κ1) is 13.6. The van der Waals surface area contributed by atoms with Gasteiger partial charge in [0.05, 0.1) is 4.92 Å². The Kier molecular flexibility index (Phi) is 3.46. The Morgan fingerprint density at radius 1 is 1.50 bits per heavy atom. The van der Waals surface area contributed by atoms with Crippen LogP contribution in [-0.4, -0.2) is 37.8 Å². The Morgan fingerprint density at radius 2 is 2.20 bits per heavy atom. The summed E-state index contributed by atoms with van der Waals surface area (Å²) in [6.45, 7) is 3.21. The van der Waals surface area contributed by atoms with Gasteiger partial charge >= 0.3 is 17.5 Å². The number of aromatic nitrogens is 4. The fourth-order valence-corrected chi connectivity index (χ4v) is 1.76. The van der Waals surface area contributed by atoms with Gasteiger partial charge in [0.2, 0.25) is 0 Å². The Labute approximate surface area is 112 Å². The number of carbonyl (C=O) groups excluding carboxylic acids is 1. The summed E-state index contributed by atoms with van der Waals surface area (Å²) in [6, 6.07) is 0. The van der Waals surface area contributed by atoms with Crippen molar-refractivity contribution >= 4 is 11.6 Å². The molecule has 0 aliphatic heterocycles. The summed E-state index contributed by atoms with van der Waals surface area (Å²) >= 11 is 0. The standard InChI is InChI=1S/C10H12N6O4/c1-5-8(16(18)19)6(2)15(13-5)4-7-12-10(20-14-7)9(17)11-3/h4H2,1-3H3,(H,11,17). The first-order valence-electron chi connectivity index (χ1n) is 5.67. The van der Waals surface area contributed by atoms with E-state index in [1.54, 1.807) is 13.8 Å². The SMILES string of the molecule is CNC(=O)c1nc(Cn2nc(C)c([N+](=O)[O-])c2C)no1. The van der Waals surface area contributed by atoms with Gasteiger partial charge in [0, 0.05) is 7.05 Å². The molecule has 0 bridgehead atoms. The fourth-order valence-electron chi connectivity index (χ4n) is 1.76. The molecule has 106 valence electrons. The Balaban J connectivity index is 2.27. The molecule has 2 aromatic rings. The van der Waals surface area contributed by atoms with Crippen LogP contribution in [0.3, 0.4) is 0 Å². The van der Waals surface area contributed by atoms with E-state index < -0.39 is 10.8 Å². The molecule has 0 atom stereocenters. The van der Waals surface area contributed by atoms with Crippen molar-refractivity contribution < 1.29 is 14.2 Å². The fraction of sp³-hybridized carbons (Fsp3) is 0.400. The molecule has 2 heterocycles. The van der Waals surface area contributed by atoms with Crippen molar-refractivity contribution in [3.63, 3.8) is 0 Å². The lowest BCUT2D eigenvalue weighted by molar-refractivity contribution is -0.386. The second-order valence-corrected chi connectivity index (χ2v) is 4.03. The van der Waals surface area contributed by atoms with Gasteiger partial charge in [-0.1, -0.05) is 5.16 Å². The van der Waals surface area contributed by atoms with Crippen LogP contribution in [0, 0.1) is 24.0 Å².